The summed E-state index contributed by atoms with van der Waals surface area (Å²) >= 11 is 0. The number of hydrogen-bond donors (Lipinski definition) is 1. The van der Waals surface area contributed by atoms with Crippen LogP contribution in [0.25, 0.3) is 0 Å². The van der Waals surface area contributed by atoms with Crippen molar-refractivity contribution in [3.8, 4) is 0 Å². The number of ether oxygens (including phenoxy) is 1. The fourth-order valence-corrected chi connectivity index (χ4v) is 2.42. The number of nitrogens with zero attached hydrogens (tertiary/aromatic N) is 1. The first-order valence-corrected chi connectivity index (χ1v) is 7.94. The Hall–Kier alpha value is -0.770. The second-order valence-corrected chi connectivity index (χ2v) is 7.31. The molecule has 0 radical (unpaired) electrons. The number of carbonyl (C=O) groups excluding carboxylic acids is 1. The van der Waals surface area contributed by atoms with Crippen molar-refractivity contribution in [2.75, 3.05) is 26.2 Å². The van der Waals surface area contributed by atoms with Crippen molar-refractivity contribution in [1.29, 1.82) is 0 Å². The maximum Gasteiger partial charge on any atom is 0.410 e. The lowest BCUT2D eigenvalue weighted by Crippen LogP contribution is -2.47. The van der Waals surface area contributed by atoms with E-state index >= 15 is 0 Å². The van der Waals surface area contributed by atoms with Gasteiger partial charge in [-0.2, -0.15) is 0 Å². The summed E-state index contributed by atoms with van der Waals surface area (Å²) in [5, 5.41) is 3.54. The molecule has 20 heavy (non-hydrogen) atoms. The van der Waals surface area contributed by atoms with Crippen LogP contribution in [0.1, 0.15) is 60.3 Å². The molecule has 4 heteroatoms. The van der Waals surface area contributed by atoms with Gasteiger partial charge in [-0.05, 0) is 52.0 Å². The van der Waals surface area contributed by atoms with Crippen molar-refractivity contribution < 1.29 is 9.53 Å². The third-order valence-electron chi connectivity index (χ3n) is 3.88. The van der Waals surface area contributed by atoms with E-state index in [-0.39, 0.29) is 6.09 Å². The Bertz CT molecular complexity index is 302. The Kier molecular flexibility index (Phi) is 6.31. The molecule has 1 heterocycles. The molecule has 118 valence electrons. The Morgan fingerprint density at radius 1 is 1.30 bits per heavy atom. The van der Waals surface area contributed by atoms with E-state index in [0.29, 0.717) is 5.41 Å². The Morgan fingerprint density at radius 2 is 1.90 bits per heavy atom. The lowest BCUT2D eigenvalue weighted by Gasteiger charge is -2.40. The van der Waals surface area contributed by atoms with Crippen LogP contribution in [0.15, 0.2) is 0 Å². The van der Waals surface area contributed by atoms with Gasteiger partial charge < -0.3 is 15.0 Å². The molecular weight excluding hydrogens is 252 g/mol. The molecule has 0 aliphatic carbocycles. The predicted molar refractivity (Wildman–Crippen MR) is 82.9 cm³/mol. The number of piperidine rings is 1. The second kappa shape index (κ2) is 7.30. The van der Waals surface area contributed by atoms with Gasteiger partial charge in [-0.3, -0.25) is 0 Å². The van der Waals surface area contributed by atoms with Gasteiger partial charge in [0.15, 0.2) is 0 Å². The average Bonchev–Trinajstić information content (AvgIpc) is 2.33. The molecule has 0 saturated carbocycles. The predicted octanol–water partition coefficient (Wildman–Crippen LogP) is 3.41. The van der Waals surface area contributed by atoms with Crippen LogP contribution in [0.2, 0.25) is 0 Å². The number of likely N-dealkylation sites (tertiary alicyclic amines) is 1. The third-order valence-corrected chi connectivity index (χ3v) is 3.88. The summed E-state index contributed by atoms with van der Waals surface area (Å²) < 4.78 is 5.43. The lowest BCUT2D eigenvalue weighted by atomic mass is 9.80. The number of nitrogens with one attached hydrogen (secondary N) is 1. The van der Waals surface area contributed by atoms with Crippen molar-refractivity contribution in [2.24, 2.45) is 5.41 Å². The van der Waals surface area contributed by atoms with E-state index in [4.69, 9.17) is 4.74 Å². The first-order chi connectivity index (χ1) is 9.26. The normalized spacial score (nSPS) is 18.9. The molecule has 1 fully saturated rings. The minimum atomic E-state index is -0.403. The average molecular weight is 284 g/mol. The highest BCUT2D eigenvalue weighted by molar-refractivity contribution is 5.68. The SMILES string of the molecule is CCCCNCC1(C)CCN(C(=O)OC(C)(C)C)CC1. The highest BCUT2D eigenvalue weighted by Gasteiger charge is 2.33. The zero-order chi connectivity index (χ0) is 15.2. The molecule has 1 N–H and O–H groups in total. The topological polar surface area (TPSA) is 41.6 Å². The lowest BCUT2D eigenvalue weighted by molar-refractivity contribution is 0.0120. The Labute approximate surface area is 124 Å². The summed E-state index contributed by atoms with van der Waals surface area (Å²) in [7, 11) is 0. The second-order valence-electron chi connectivity index (χ2n) is 7.31. The van der Waals surface area contributed by atoms with E-state index in [1.807, 2.05) is 25.7 Å². The molecule has 1 aliphatic heterocycles. The molecule has 1 saturated heterocycles. The smallest absolute Gasteiger partial charge is 0.410 e. The van der Waals surface area contributed by atoms with Crippen LogP contribution in [0, 0.1) is 5.41 Å². The van der Waals surface area contributed by atoms with Gasteiger partial charge in [-0.25, -0.2) is 4.79 Å². The summed E-state index contributed by atoms with van der Waals surface area (Å²) in [5.74, 6) is 0. The minimum Gasteiger partial charge on any atom is -0.444 e. The zero-order valence-corrected chi connectivity index (χ0v) is 13.9. The molecular formula is C16H32N2O2. The summed E-state index contributed by atoms with van der Waals surface area (Å²) in [6.07, 6.45) is 4.39. The van der Waals surface area contributed by atoms with Crippen molar-refractivity contribution in [1.82, 2.24) is 10.2 Å². The summed E-state index contributed by atoms with van der Waals surface area (Å²) in [5.41, 5.74) is -0.0915. The van der Waals surface area contributed by atoms with Gasteiger partial charge in [0.25, 0.3) is 0 Å². The molecule has 1 amide bonds. The van der Waals surface area contributed by atoms with E-state index < -0.39 is 5.60 Å². The van der Waals surface area contributed by atoms with Crippen LogP contribution in [0.4, 0.5) is 4.79 Å². The Balaban J connectivity index is 2.33. The van der Waals surface area contributed by atoms with Crippen molar-refractivity contribution >= 4 is 6.09 Å². The van der Waals surface area contributed by atoms with Gasteiger partial charge in [0.1, 0.15) is 5.60 Å². The van der Waals surface area contributed by atoms with E-state index in [1.165, 1.54) is 12.8 Å². The molecule has 0 spiro atoms. The number of amides is 1. The van der Waals surface area contributed by atoms with E-state index in [0.717, 1.165) is 39.0 Å². The number of unbranched alkanes of at least 4 members (excludes halogenated alkanes) is 1. The minimum absolute atomic E-state index is 0.168. The zero-order valence-electron chi connectivity index (χ0n) is 13.9. The highest BCUT2D eigenvalue weighted by atomic mass is 16.6. The molecule has 0 aromatic heterocycles. The van der Waals surface area contributed by atoms with Gasteiger partial charge in [-0.15, -0.1) is 0 Å². The first kappa shape index (κ1) is 17.3. The fraction of sp³-hybridized carbons (Fsp3) is 0.938. The monoisotopic (exact) mass is 284 g/mol. The molecule has 0 bridgehead atoms. The number of rotatable bonds is 5. The van der Waals surface area contributed by atoms with Crippen LogP contribution < -0.4 is 5.32 Å². The van der Waals surface area contributed by atoms with E-state index in [1.54, 1.807) is 0 Å². The molecule has 0 aromatic rings. The van der Waals surface area contributed by atoms with Crippen LogP contribution in [0.3, 0.4) is 0 Å². The summed E-state index contributed by atoms with van der Waals surface area (Å²) in [6, 6.07) is 0. The summed E-state index contributed by atoms with van der Waals surface area (Å²) in [4.78, 5) is 13.9. The van der Waals surface area contributed by atoms with Crippen LogP contribution in [-0.2, 0) is 4.74 Å². The van der Waals surface area contributed by atoms with Crippen LogP contribution in [-0.4, -0.2) is 42.8 Å². The molecule has 1 rings (SSSR count). The molecule has 4 nitrogen and oxygen atoms in total. The van der Waals surface area contributed by atoms with Gasteiger partial charge in [0.05, 0.1) is 0 Å². The first-order valence-electron chi connectivity index (χ1n) is 7.94. The molecule has 0 aromatic carbocycles. The van der Waals surface area contributed by atoms with Gasteiger partial charge in [-0.1, -0.05) is 20.3 Å². The van der Waals surface area contributed by atoms with Crippen LogP contribution in [0.5, 0.6) is 0 Å². The van der Waals surface area contributed by atoms with Crippen molar-refractivity contribution in [3.63, 3.8) is 0 Å². The van der Waals surface area contributed by atoms with Crippen molar-refractivity contribution in [2.45, 2.75) is 65.9 Å². The van der Waals surface area contributed by atoms with Crippen LogP contribution >= 0.6 is 0 Å². The molecule has 0 atom stereocenters. The quantitative estimate of drug-likeness (QED) is 0.787. The maximum absolute atomic E-state index is 12.0. The van der Waals surface area contributed by atoms with Gasteiger partial charge in [0, 0.05) is 19.6 Å². The standard InChI is InChI=1S/C16H32N2O2/c1-6-7-10-17-13-16(5)8-11-18(12-9-16)14(19)20-15(2,3)4/h17H,6-13H2,1-5H3. The summed E-state index contributed by atoms with van der Waals surface area (Å²) in [6.45, 7) is 14.0. The van der Waals surface area contributed by atoms with E-state index in [2.05, 4.69) is 19.2 Å². The third kappa shape index (κ3) is 6.12. The highest BCUT2D eigenvalue weighted by Crippen LogP contribution is 2.30. The fourth-order valence-electron chi connectivity index (χ4n) is 2.42. The molecule has 1 aliphatic rings. The van der Waals surface area contributed by atoms with E-state index in [9.17, 15) is 4.79 Å². The largest absolute Gasteiger partial charge is 0.444 e. The Morgan fingerprint density at radius 3 is 2.40 bits per heavy atom. The maximum atomic E-state index is 12.0. The number of hydrogen-bond acceptors (Lipinski definition) is 3. The molecule has 0 unspecified atom stereocenters. The number of carbonyl (C=O) groups is 1. The van der Waals surface area contributed by atoms with Crippen molar-refractivity contribution in [3.05, 3.63) is 0 Å². The van der Waals surface area contributed by atoms with Gasteiger partial charge in [0.2, 0.25) is 0 Å². The van der Waals surface area contributed by atoms with Gasteiger partial charge >= 0.3 is 6.09 Å².